The zero-order valence-corrected chi connectivity index (χ0v) is 10.3. The van der Waals surface area contributed by atoms with Crippen molar-refractivity contribution in [2.24, 2.45) is 5.92 Å². The Bertz CT molecular complexity index is 331. The summed E-state index contributed by atoms with van der Waals surface area (Å²) in [6, 6.07) is 4.10. The van der Waals surface area contributed by atoms with Crippen molar-refractivity contribution in [2.45, 2.75) is 19.9 Å². The van der Waals surface area contributed by atoms with Gasteiger partial charge in [0.05, 0.1) is 19.1 Å². The van der Waals surface area contributed by atoms with Gasteiger partial charge in [-0.15, -0.1) is 11.3 Å². The van der Waals surface area contributed by atoms with Gasteiger partial charge in [-0.1, -0.05) is 6.07 Å². The van der Waals surface area contributed by atoms with Crippen LogP contribution in [0.25, 0.3) is 0 Å². The van der Waals surface area contributed by atoms with E-state index in [0.29, 0.717) is 6.61 Å². The Hall–Kier alpha value is -0.870. The lowest BCUT2D eigenvalue weighted by molar-refractivity contribution is -0.135. The topological polar surface area (TPSA) is 29.5 Å². The van der Waals surface area contributed by atoms with E-state index in [9.17, 15) is 4.79 Å². The molecule has 1 atom stereocenters. The molecule has 1 aromatic heterocycles. The number of carbonyl (C=O) groups is 1. The molecular weight excluding hydrogens is 222 g/mol. The van der Waals surface area contributed by atoms with Gasteiger partial charge in [0.2, 0.25) is 5.91 Å². The van der Waals surface area contributed by atoms with Gasteiger partial charge in [0.1, 0.15) is 0 Å². The summed E-state index contributed by atoms with van der Waals surface area (Å²) in [4.78, 5) is 15.3. The average Bonchev–Trinajstić information content (AvgIpc) is 2.97. The van der Waals surface area contributed by atoms with Crippen LogP contribution in [0.2, 0.25) is 0 Å². The van der Waals surface area contributed by atoms with Crippen molar-refractivity contribution in [3.63, 3.8) is 0 Å². The molecule has 2 heterocycles. The van der Waals surface area contributed by atoms with E-state index in [2.05, 4.69) is 6.07 Å². The Balaban J connectivity index is 1.96. The smallest absolute Gasteiger partial charge is 0.228 e. The number of carbonyl (C=O) groups excluding carboxylic acids is 1. The van der Waals surface area contributed by atoms with Gasteiger partial charge in [0.15, 0.2) is 0 Å². The first kappa shape index (κ1) is 11.6. The molecule has 2 rings (SSSR count). The summed E-state index contributed by atoms with van der Waals surface area (Å²) in [5, 5.41) is 2.05. The maximum atomic E-state index is 12.2. The fourth-order valence-corrected chi connectivity index (χ4v) is 2.64. The number of nitrogens with zero attached hydrogens (tertiary/aromatic N) is 1. The predicted octanol–water partition coefficient (Wildman–Crippen LogP) is 2.13. The first-order chi connectivity index (χ1) is 7.81. The maximum absolute atomic E-state index is 12.2. The third kappa shape index (κ3) is 2.62. The normalized spacial score (nSPS) is 19.9. The highest BCUT2D eigenvalue weighted by Gasteiger charge is 2.27. The minimum atomic E-state index is 0.0833. The third-order valence-electron chi connectivity index (χ3n) is 2.90. The molecular formula is C12H17NO2S. The molecule has 1 unspecified atom stereocenters. The van der Waals surface area contributed by atoms with E-state index in [-0.39, 0.29) is 11.8 Å². The Morgan fingerprint density at radius 2 is 2.56 bits per heavy atom. The van der Waals surface area contributed by atoms with E-state index >= 15 is 0 Å². The molecule has 0 spiro atoms. The molecule has 88 valence electrons. The van der Waals surface area contributed by atoms with Crippen LogP contribution >= 0.6 is 11.3 Å². The quantitative estimate of drug-likeness (QED) is 0.805. The van der Waals surface area contributed by atoms with E-state index in [1.54, 1.807) is 11.3 Å². The van der Waals surface area contributed by atoms with Gasteiger partial charge in [-0.25, -0.2) is 0 Å². The van der Waals surface area contributed by atoms with E-state index in [4.69, 9.17) is 4.74 Å². The van der Waals surface area contributed by atoms with Crippen molar-refractivity contribution in [1.82, 2.24) is 4.90 Å². The van der Waals surface area contributed by atoms with Crippen LogP contribution < -0.4 is 0 Å². The van der Waals surface area contributed by atoms with Gasteiger partial charge >= 0.3 is 0 Å². The highest BCUT2D eigenvalue weighted by Crippen LogP contribution is 2.18. The molecule has 0 aliphatic carbocycles. The van der Waals surface area contributed by atoms with Crippen LogP contribution in [0.1, 0.15) is 18.2 Å². The summed E-state index contributed by atoms with van der Waals surface area (Å²) in [5.41, 5.74) is 0. The Labute approximate surface area is 100 Å². The molecule has 1 fully saturated rings. The van der Waals surface area contributed by atoms with Gasteiger partial charge in [-0.2, -0.15) is 0 Å². The SMILES string of the molecule is CCN(Cc1cccs1)C(=O)C1CCOC1. The molecule has 1 saturated heterocycles. The molecule has 0 aromatic carbocycles. The number of rotatable bonds is 4. The summed E-state index contributed by atoms with van der Waals surface area (Å²) < 4.78 is 5.26. The van der Waals surface area contributed by atoms with Gasteiger partial charge in [0.25, 0.3) is 0 Å². The van der Waals surface area contributed by atoms with Crippen molar-refractivity contribution in [2.75, 3.05) is 19.8 Å². The zero-order valence-electron chi connectivity index (χ0n) is 9.52. The summed E-state index contributed by atoms with van der Waals surface area (Å²) in [5.74, 6) is 0.327. The largest absolute Gasteiger partial charge is 0.381 e. The summed E-state index contributed by atoms with van der Waals surface area (Å²) in [6.45, 7) is 4.87. The highest BCUT2D eigenvalue weighted by atomic mass is 32.1. The van der Waals surface area contributed by atoms with Crippen LogP contribution in [0.5, 0.6) is 0 Å². The zero-order chi connectivity index (χ0) is 11.4. The molecule has 1 aliphatic rings. The van der Waals surface area contributed by atoms with E-state index in [1.807, 2.05) is 23.3 Å². The third-order valence-corrected chi connectivity index (χ3v) is 3.76. The number of thiophene rings is 1. The number of hydrogen-bond donors (Lipinski definition) is 0. The molecule has 0 radical (unpaired) electrons. The second kappa shape index (κ2) is 5.46. The standard InChI is InChI=1S/C12H17NO2S/c1-2-13(8-11-4-3-7-16-11)12(14)10-5-6-15-9-10/h3-4,7,10H,2,5-6,8-9H2,1H3. The second-order valence-corrected chi connectivity index (χ2v) is 5.02. The molecule has 16 heavy (non-hydrogen) atoms. The Morgan fingerprint density at radius 3 is 3.12 bits per heavy atom. The van der Waals surface area contributed by atoms with Gasteiger partial charge in [-0.05, 0) is 24.8 Å². The van der Waals surface area contributed by atoms with Gasteiger partial charge < -0.3 is 9.64 Å². The molecule has 4 heteroatoms. The summed E-state index contributed by atoms with van der Waals surface area (Å²) in [6.07, 6.45) is 0.875. The van der Waals surface area contributed by atoms with Crippen molar-refractivity contribution in [1.29, 1.82) is 0 Å². The molecule has 0 N–H and O–H groups in total. The predicted molar refractivity (Wildman–Crippen MR) is 64.3 cm³/mol. The van der Waals surface area contributed by atoms with Crippen LogP contribution in [0.4, 0.5) is 0 Å². The number of hydrogen-bond acceptors (Lipinski definition) is 3. The lowest BCUT2D eigenvalue weighted by atomic mass is 10.1. The molecule has 1 amide bonds. The first-order valence-electron chi connectivity index (χ1n) is 5.70. The molecule has 1 aromatic rings. The van der Waals surface area contributed by atoms with Gasteiger partial charge in [-0.3, -0.25) is 4.79 Å². The van der Waals surface area contributed by atoms with E-state index in [1.165, 1.54) is 4.88 Å². The molecule has 0 saturated carbocycles. The van der Waals surface area contributed by atoms with Crippen LogP contribution in [-0.4, -0.2) is 30.6 Å². The first-order valence-corrected chi connectivity index (χ1v) is 6.58. The van der Waals surface area contributed by atoms with Crippen LogP contribution in [0.3, 0.4) is 0 Å². The second-order valence-electron chi connectivity index (χ2n) is 3.99. The maximum Gasteiger partial charge on any atom is 0.228 e. The van der Waals surface area contributed by atoms with E-state index in [0.717, 1.165) is 26.1 Å². The number of amides is 1. The average molecular weight is 239 g/mol. The summed E-state index contributed by atoms with van der Waals surface area (Å²) in [7, 11) is 0. The highest BCUT2D eigenvalue weighted by molar-refractivity contribution is 7.09. The Kier molecular flexibility index (Phi) is 3.96. The van der Waals surface area contributed by atoms with Crippen LogP contribution in [0.15, 0.2) is 17.5 Å². The minimum Gasteiger partial charge on any atom is -0.381 e. The van der Waals surface area contributed by atoms with Crippen molar-refractivity contribution in [3.05, 3.63) is 22.4 Å². The van der Waals surface area contributed by atoms with Crippen molar-refractivity contribution in [3.8, 4) is 0 Å². The van der Waals surface area contributed by atoms with Crippen molar-refractivity contribution < 1.29 is 9.53 Å². The monoisotopic (exact) mass is 239 g/mol. The lowest BCUT2D eigenvalue weighted by Crippen LogP contribution is -2.35. The number of ether oxygens (including phenoxy) is 1. The molecule has 0 bridgehead atoms. The minimum absolute atomic E-state index is 0.0833. The Morgan fingerprint density at radius 1 is 1.69 bits per heavy atom. The summed E-state index contributed by atoms with van der Waals surface area (Å²) >= 11 is 1.70. The molecule has 3 nitrogen and oxygen atoms in total. The van der Waals surface area contributed by atoms with Gasteiger partial charge in [0, 0.05) is 18.0 Å². The van der Waals surface area contributed by atoms with Crippen LogP contribution in [-0.2, 0) is 16.1 Å². The fourth-order valence-electron chi connectivity index (χ4n) is 1.92. The van der Waals surface area contributed by atoms with Crippen molar-refractivity contribution >= 4 is 17.2 Å². The molecule has 1 aliphatic heterocycles. The van der Waals surface area contributed by atoms with Crippen LogP contribution in [0, 0.1) is 5.92 Å². The lowest BCUT2D eigenvalue weighted by Gasteiger charge is -2.22. The van der Waals surface area contributed by atoms with E-state index < -0.39 is 0 Å². The fraction of sp³-hybridized carbons (Fsp3) is 0.583.